The molecule has 0 aliphatic heterocycles. The maximum Gasteiger partial charge on any atom is 0.269 e. The number of nitro groups is 1. The molecule has 0 amide bonds. The third-order valence-electron chi connectivity index (χ3n) is 4.87. The molecule has 4 rings (SSSR count). The Morgan fingerprint density at radius 3 is 2.67 bits per heavy atom. The van der Waals surface area contributed by atoms with Crippen LogP contribution in [0.25, 0.3) is 22.7 Å². The molecule has 1 aromatic heterocycles. The fourth-order valence-corrected chi connectivity index (χ4v) is 3.86. The maximum absolute atomic E-state index is 10.8. The number of nitrogens with zero attached hydrogens (tertiary/aromatic N) is 3. The second kappa shape index (κ2) is 9.70. The fourth-order valence-electron chi connectivity index (χ4n) is 3.16. The molecule has 0 atom stereocenters. The number of ether oxygens (including phenoxy) is 2. The van der Waals surface area contributed by atoms with Gasteiger partial charge in [-0.25, -0.2) is 4.98 Å². The van der Waals surface area contributed by atoms with E-state index in [9.17, 15) is 15.4 Å². The number of aromatic amines is 1. The standard InChI is InChI=1S/C24H17IN4O4/c1-32-19-7-8-21-22(12-19)28-24(27-21)17(13-26)10-16-4-9-23(20(25)11-16)33-14-15-2-5-18(6-3-15)29(30)31/h2-12H,14H2,1H3,(H,27,28)/b17-10-. The van der Waals surface area contributed by atoms with E-state index in [2.05, 4.69) is 38.6 Å². The normalized spacial score (nSPS) is 11.2. The van der Waals surface area contributed by atoms with Gasteiger partial charge in [-0.15, -0.1) is 0 Å². The molecule has 0 radical (unpaired) electrons. The smallest absolute Gasteiger partial charge is 0.269 e. The highest BCUT2D eigenvalue weighted by atomic mass is 127. The molecule has 1 heterocycles. The van der Waals surface area contributed by atoms with E-state index in [1.165, 1.54) is 12.1 Å². The Hall–Kier alpha value is -3.91. The number of allylic oxidation sites excluding steroid dienone is 1. The van der Waals surface area contributed by atoms with Crippen LogP contribution in [0.1, 0.15) is 17.0 Å². The molecule has 0 saturated carbocycles. The summed E-state index contributed by atoms with van der Waals surface area (Å²) in [5.74, 6) is 1.87. The zero-order valence-corrected chi connectivity index (χ0v) is 19.6. The maximum atomic E-state index is 10.8. The lowest BCUT2D eigenvalue weighted by atomic mass is 10.1. The predicted molar refractivity (Wildman–Crippen MR) is 133 cm³/mol. The van der Waals surface area contributed by atoms with Crippen molar-refractivity contribution in [3.63, 3.8) is 0 Å². The number of H-pyrrole nitrogens is 1. The Morgan fingerprint density at radius 2 is 2.00 bits per heavy atom. The number of halogens is 1. The van der Waals surface area contributed by atoms with Crippen LogP contribution in [0.2, 0.25) is 0 Å². The molecule has 0 aliphatic rings. The summed E-state index contributed by atoms with van der Waals surface area (Å²) >= 11 is 2.17. The second-order valence-corrected chi connectivity index (χ2v) is 8.20. The van der Waals surface area contributed by atoms with Crippen LogP contribution in [0, 0.1) is 25.0 Å². The van der Waals surface area contributed by atoms with Gasteiger partial charge in [0.05, 0.1) is 32.2 Å². The zero-order valence-electron chi connectivity index (χ0n) is 17.4. The zero-order chi connectivity index (χ0) is 23.4. The number of non-ortho nitro benzene ring substituents is 1. The molecule has 1 N–H and O–H groups in total. The summed E-state index contributed by atoms with van der Waals surface area (Å²) in [6.07, 6.45) is 1.76. The lowest BCUT2D eigenvalue weighted by Gasteiger charge is -2.09. The summed E-state index contributed by atoms with van der Waals surface area (Å²) in [7, 11) is 1.60. The van der Waals surface area contributed by atoms with Gasteiger partial charge < -0.3 is 14.5 Å². The molecule has 0 unspecified atom stereocenters. The minimum Gasteiger partial charge on any atom is -0.497 e. The number of methoxy groups -OCH3 is 1. The van der Waals surface area contributed by atoms with Crippen molar-refractivity contribution in [3.8, 4) is 17.6 Å². The first kappa shape index (κ1) is 22.3. The fraction of sp³-hybridized carbons (Fsp3) is 0.0833. The van der Waals surface area contributed by atoms with E-state index in [-0.39, 0.29) is 12.3 Å². The molecule has 0 aliphatic carbocycles. The number of nitro benzene ring substituents is 1. The number of aromatic nitrogens is 2. The van der Waals surface area contributed by atoms with Crippen molar-refractivity contribution in [1.82, 2.24) is 9.97 Å². The van der Waals surface area contributed by atoms with Gasteiger partial charge in [0.1, 0.15) is 30.0 Å². The summed E-state index contributed by atoms with van der Waals surface area (Å²) in [6, 6.07) is 19.5. The lowest BCUT2D eigenvalue weighted by Crippen LogP contribution is -1.98. The van der Waals surface area contributed by atoms with Crippen LogP contribution in [0.3, 0.4) is 0 Å². The molecule has 164 valence electrons. The largest absolute Gasteiger partial charge is 0.497 e. The van der Waals surface area contributed by atoms with Crippen molar-refractivity contribution >= 4 is 51.0 Å². The monoisotopic (exact) mass is 552 g/mol. The number of nitriles is 1. The second-order valence-electron chi connectivity index (χ2n) is 7.04. The van der Waals surface area contributed by atoms with Gasteiger partial charge >= 0.3 is 0 Å². The highest BCUT2D eigenvalue weighted by molar-refractivity contribution is 14.1. The van der Waals surface area contributed by atoms with Crippen molar-refractivity contribution in [3.05, 3.63) is 91.3 Å². The van der Waals surface area contributed by atoms with E-state index in [4.69, 9.17) is 9.47 Å². The summed E-state index contributed by atoms with van der Waals surface area (Å²) in [5, 5.41) is 20.4. The van der Waals surface area contributed by atoms with Gasteiger partial charge in [0, 0.05) is 18.2 Å². The van der Waals surface area contributed by atoms with Crippen LogP contribution in [0.15, 0.2) is 60.7 Å². The van der Waals surface area contributed by atoms with Gasteiger partial charge in [-0.3, -0.25) is 10.1 Å². The molecule has 0 spiro atoms. The van der Waals surface area contributed by atoms with E-state index in [1.54, 1.807) is 25.3 Å². The average molecular weight is 552 g/mol. The van der Waals surface area contributed by atoms with E-state index in [0.717, 1.165) is 25.7 Å². The van der Waals surface area contributed by atoms with Crippen molar-refractivity contribution in [2.24, 2.45) is 0 Å². The molecule has 8 nitrogen and oxygen atoms in total. The minimum absolute atomic E-state index is 0.0429. The molecule has 3 aromatic carbocycles. The Balaban J connectivity index is 1.51. The first-order valence-electron chi connectivity index (χ1n) is 9.78. The quantitative estimate of drug-likeness (QED) is 0.136. The molecule has 0 saturated heterocycles. The number of hydrogen-bond donors (Lipinski definition) is 1. The van der Waals surface area contributed by atoms with Gasteiger partial charge in [0.25, 0.3) is 5.69 Å². The van der Waals surface area contributed by atoms with Crippen molar-refractivity contribution in [2.75, 3.05) is 7.11 Å². The molecule has 4 aromatic rings. The SMILES string of the molecule is COc1ccc2nc(/C(C#N)=C\c3ccc(OCc4ccc([N+](=O)[O-])cc4)c(I)c3)[nH]c2c1. The highest BCUT2D eigenvalue weighted by Crippen LogP contribution is 2.27. The van der Waals surface area contributed by atoms with Gasteiger partial charge in [-0.05, 0) is 76.2 Å². The molecule has 0 bridgehead atoms. The van der Waals surface area contributed by atoms with Crippen molar-refractivity contribution < 1.29 is 14.4 Å². The molecular formula is C24H17IN4O4. The van der Waals surface area contributed by atoms with E-state index < -0.39 is 4.92 Å². The number of imidazole rings is 1. The molecule has 0 fully saturated rings. The Morgan fingerprint density at radius 1 is 1.21 bits per heavy atom. The third kappa shape index (κ3) is 5.12. The van der Waals surface area contributed by atoms with Crippen LogP contribution in [-0.4, -0.2) is 22.0 Å². The van der Waals surface area contributed by atoms with Crippen LogP contribution in [0.5, 0.6) is 11.5 Å². The average Bonchev–Trinajstić information content (AvgIpc) is 3.25. The van der Waals surface area contributed by atoms with E-state index >= 15 is 0 Å². The Labute approximate surface area is 202 Å². The van der Waals surface area contributed by atoms with Gasteiger partial charge in [0.2, 0.25) is 0 Å². The van der Waals surface area contributed by atoms with Crippen LogP contribution in [-0.2, 0) is 6.61 Å². The third-order valence-corrected chi connectivity index (χ3v) is 5.72. The highest BCUT2D eigenvalue weighted by Gasteiger charge is 2.10. The van der Waals surface area contributed by atoms with Gasteiger partial charge in [0.15, 0.2) is 0 Å². The number of nitrogens with one attached hydrogen (secondary N) is 1. The first-order valence-corrected chi connectivity index (χ1v) is 10.9. The first-order chi connectivity index (χ1) is 16.0. The summed E-state index contributed by atoms with van der Waals surface area (Å²) in [4.78, 5) is 18.0. The Kier molecular flexibility index (Phi) is 6.55. The van der Waals surface area contributed by atoms with Crippen molar-refractivity contribution in [1.29, 1.82) is 5.26 Å². The Bertz CT molecular complexity index is 1400. The summed E-state index contributed by atoms with van der Waals surface area (Å²) in [6.45, 7) is 0.287. The topological polar surface area (TPSA) is 114 Å². The predicted octanol–water partition coefficient (Wildman–Crippen LogP) is 5.73. The van der Waals surface area contributed by atoms with Crippen LogP contribution < -0.4 is 9.47 Å². The van der Waals surface area contributed by atoms with E-state index in [1.807, 2.05) is 36.4 Å². The van der Waals surface area contributed by atoms with Gasteiger partial charge in [-0.2, -0.15) is 5.26 Å². The number of hydrogen-bond acceptors (Lipinski definition) is 6. The van der Waals surface area contributed by atoms with Gasteiger partial charge in [-0.1, -0.05) is 6.07 Å². The lowest BCUT2D eigenvalue weighted by molar-refractivity contribution is -0.384. The summed E-state index contributed by atoms with van der Waals surface area (Å²) < 4.78 is 12.0. The summed E-state index contributed by atoms with van der Waals surface area (Å²) in [5.41, 5.74) is 3.64. The van der Waals surface area contributed by atoms with Crippen molar-refractivity contribution in [2.45, 2.75) is 6.61 Å². The van der Waals surface area contributed by atoms with Crippen LogP contribution in [0.4, 0.5) is 5.69 Å². The van der Waals surface area contributed by atoms with Crippen LogP contribution >= 0.6 is 22.6 Å². The number of fused-ring (bicyclic) bond motifs is 1. The minimum atomic E-state index is -0.433. The molecule has 9 heteroatoms. The number of benzene rings is 3. The molecule has 33 heavy (non-hydrogen) atoms. The molecular weight excluding hydrogens is 535 g/mol. The van der Waals surface area contributed by atoms with E-state index in [0.29, 0.717) is 22.9 Å². The number of rotatable bonds is 7.